The molecule has 4 heteroatoms. The van der Waals surface area contributed by atoms with E-state index in [9.17, 15) is 0 Å². The molecule has 0 aliphatic heterocycles. The van der Waals surface area contributed by atoms with Crippen molar-refractivity contribution in [2.75, 3.05) is 0 Å². The van der Waals surface area contributed by atoms with E-state index in [4.69, 9.17) is 15.7 Å². The Balaban J connectivity index is 2.13. The van der Waals surface area contributed by atoms with Crippen molar-refractivity contribution in [1.29, 1.82) is 0 Å². The van der Waals surface area contributed by atoms with Crippen molar-refractivity contribution >= 4 is 5.84 Å². The molecule has 2 unspecified atom stereocenters. The third-order valence-electron chi connectivity index (χ3n) is 3.45. The molecule has 98 valence electrons. The molecular formula is C14H20N2O2. The van der Waals surface area contributed by atoms with E-state index >= 15 is 0 Å². The van der Waals surface area contributed by atoms with E-state index in [2.05, 4.69) is 12.1 Å². The largest absolute Gasteiger partial charge is 0.490 e. The van der Waals surface area contributed by atoms with Crippen molar-refractivity contribution in [3.8, 4) is 5.75 Å². The monoisotopic (exact) mass is 248 g/mol. The fourth-order valence-corrected chi connectivity index (χ4v) is 2.50. The quantitative estimate of drug-likeness (QED) is 0.374. The van der Waals surface area contributed by atoms with Crippen molar-refractivity contribution in [2.24, 2.45) is 16.8 Å². The maximum atomic E-state index is 8.77. The smallest absolute Gasteiger partial charge is 0.173 e. The maximum absolute atomic E-state index is 8.77. The Morgan fingerprint density at radius 2 is 2.17 bits per heavy atom. The van der Waals surface area contributed by atoms with Crippen LogP contribution in [0.3, 0.4) is 0 Å². The molecule has 2 rings (SSSR count). The summed E-state index contributed by atoms with van der Waals surface area (Å²) in [5.41, 5.74) is 6.30. The van der Waals surface area contributed by atoms with Gasteiger partial charge in [0.05, 0.1) is 11.7 Å². The Kier molecular flexibility index (Phi) is 4.07. The number of ether oxygens (including phenoxy) is 1. The number of benzene rings is 1. The van der Waals surface area contributed by atoms with Gasteiger partial charge in [0.2, 0.25) is 0 Å². The molecule has 0 heterocycles. The van der Waals surface area contributed by atoms with Crippen LogP contribution >= 0.6 is 0 Å². The van der Waals surface area contributed by atoms with Gasteiger partial charge in [-0.2, -0.15) is 0 Å². The first-order valence-corrected chi connectivity index (χ1v) is 6.44. The van der Waals surface area contributed by atoms with Gasteiger partial charge < -0.3 is 15.7 Å². The second-order valence-corrected chi connectivity index (χ2v) is 4.99. The molecule has 0 radical (unpaired) electrons. The lowest BCUT2D eigenvalue weighted by Gasteiger charge is -2.28. The Morgan fingerprint density at radius 1 is 1.39 bits per heavy atom. The molecule has 2 atom stereocenters. The van der Waals surface area contributed by atoms with Crippen LogP contribution in [0.15, 0.2) is 29.4 Å². The first-order valence-electron chi connectivity index (χ1n) is 6.44. The Morgan fingerprint density at radius 3 is 2.89 bits per heavy atom. The van der Waals surface area contributed by atoms with E-state index in [0.717, 1.165) is 12.8 Å². The molecule has 1 aliphatic carbocycles. The molecule has 3 N–H and O–H groups in total. The fourth-order valence-electron chi connectivity index (χ4n) is 2.50. The normalized spacial score (nSPS) is 24.8. The Hall–Kier alpha value is -1.71. The van der Waals surface area contributed by atoms with Crippen LogP contribution in [0.25, 0.3) is 0 Å². The van der Waals surface area contributed by atoms with Crippen LogP contribution in [0.5, 0.6) is 5.75 Å². The van der Waals surface area contributed by atoms with Crippen molar-refractivity contribution < 1.29 is 9.94 Å². The zero-order chi connectivity index (χ0) is 13.0. The molecular weight excluding hydrogens is 228 g/mol. The number of para-hydroxylation sites is 1. The summed E-state index contributed by atoms with van der Waals surface area (Å²) >= 11 is 0. The zero-order valence-electron chi connectivity index (χ0n) is 10.7. The van der Waals surface area contributed by atoms with Gasteiger partial charge in [-0.05, 0) is 37.3 Å². The average Bonchev–Trinajstić information content (AvgIpc) is 2.38. The van der Waals surface area contributed by atoms with Gasteiger partial charge >= 0.3 is 0 Å². The second-order valence-electron chi connectivity index (χ2n) is 4.99. The van der Waals surface area contributed by atoms with Gasteiger partial charge in [-0.3, -0.25) is 0 Å². The lowest BCUT2D eigenvalue weighted by Crippen LogP contribution is -2.25. The summed E-state index contributed by atoms with van der Waals surface area (Å²) in [4.78, 5) is 0. The average molecular weight is 248 g/mol. The summed E-state index contributed by atoms with van der Waals surface area (Å²) in [6.07, 6.45) is 4.87. The van der Waals surface area contributed by atoms with Gasteiger partial charge in [-0.1, -0.05) is 30.6 Å². The maximum Gasteiger partial charge on any atom is 0.173 e. The van der Waals surface area contributed by atoms with E-state index in [1.165, 1.54) is 12.8 Å². The number of hydrogen-bond donors (Lipinski definition) is 2. The van der Waals surface area contributed by atoms with Gasteiger partial charge in [0.25, 0.3) is 0 Å². The van der Waals surface area contributed by atoms with Crippen LogP contribution in [0.1, 0.15) is 38.2 Å². The standard InChI is InChI=1S/C14H20N2O2/c1-10-5-4-6-11(9-10)18-13-8-3-2-7-12(13)14(15)16-17/h2-3,7-8,10-11,17H,4-6,9H2,1H3,(H2,15,16). The second kappa shape index (κ2) is 5.76. The summed E-state index contributed by atoms with van der Waals surface area (Å²) < 4.78 is 6.01. The van der Waals surface area contributed by atoms with E-state index in [0.29, 0.717) is 17.2 Å². The summed E-state index contributed by atoms with van der Waals surface area (Å²) in [5, 5.41) is 11.8. The molecule has 4 nitrogen and oxygen atoms in total. The van der Waals surface area contributed by atoms with E-state index in [-0.39, 0.29) is 11.9 Å². The number of hydrogen-bond acceptors (Lipinski definition) is 3. The van der Waals surface area contributed by atoms with Crippen molar-refractivity contribution in [3.63, 3.8) is 0 Å². The molecule has 1 aromatic rings. The van der Waals surface area contributed by atoms with Crippen molar-refractivity contribution in [2.45, 2.75) is 38.7 Å². The van der Waals surface area contributed by atoms with Crippen LogP contribution in [0.2, 0.25) is 0 Å². The molecule has 1 saturated carbocycles. The molecule has 1 aliphatic rings. The number of rotatable bonds is 3. The molecule has 0 bridgehead atoms. The minimum absolute atomic E-state index is 0.0921. The number of oxime groups is 1. The molecule has 0 saturated heterocycles. The lowest BCUT2D eigenvalue weighted by atomic mass is 9.88. The first kappa shape index (κ1) is 12.7. The van der Waals surface area contributed by atoms with Crippen molar-refractivity contribution in [1.82, 2.24) is 0 Å². The lowest BCUT2D eigenvalue weighted by molar-refractivity contribution is 0.129. The molecule has 1 aromatic carbocycles. The molecule has 1 fully saturated rings. The van der Waals surface area contributed by atoms with Crippen LogP contribution in [-0.2, 0) is 0 Å². The highest BCUT2D eigenvalue weighted by Gasteiger charge is 2.21. The van der Waals surface area contributed by atoms with Crippen LogP contribution < -0.4 is 10.5 Å². The summed E-state index contributed by atoms with van der Waals surface area (Å²) in [5.74, 6) is 1.50. The summed E-state index contributed by atoms with van der Waals surface area (Å²) in [6.45, 7) is 2.25. The van der Waals surface area contributed by atoms with Gasteiger partial charge in [-0.25, -0.2) is 0 Å². The zero-order valence-corrected chi connectivity index (χ0v) is 10.7. The van der Waals surface area contributed by atoms with Crippen LogP contribution in [0, 0.1) is 5.92 Å². The first-order chi connectivity index (χ1) is 8.70. The van der Waals surface area contributed by atoms with E-state index in [1.807, 2.05) is 18.2 Å². The van der Waals surface area contributed by atoms with Gasteiger partial charge in [0, 0.05) is 0 Å². The SMILES string of the molecule is CC1CCCC(Oc2ccccc2/C(N)=N/O)C1. The Bertz CT molecular complexity index is 432. The highest BCUT2D eigenvalue weighted by Crippen LogP contribution is 2.28. The van der Waals surface area contributed by atoms with Crippen molar-refractivity contribution in [3.05, 3.63) is 29.8 Å². The third kappa shape index (κ3) is 2.94. The topological polar surface area (TPSA) is 67.8 Å². The predicted octanol–water partition coefficient (Wildman–Crippen LogP) is 2.74. The van der Waals surface area contributed by atoms with Gasteiger partial charge in [-0.15, -0.1) is 0 Å². The Labute approximate surface area is 107 Å². The summed E-state index contributed by atoms with van der Waals surface area (Å²) in [6, 6.07) is 7.42. The highest BCUT2D eigenvalue weighted by molar-refractivity contribution is 5.99. The molecule has 0 aromatic heterocycles. The number of amidine groups is 1. The van der Waals surface area contributed by atoms with E-state index in [1.54, 1.807) is 6.07 Å². The predicted molar refractivity (Wildman–Crippen MR) is 71.0 cm³/mol. The minimum atomic E-state index is 0.0921. The number of nitrogens with two attached hydrogens (primary N) is 1. The molecule has 0 spiro atoms. The van der Waals surface area contributed by atoms with Crippen LogP contribution in [-0.4, -0.2) is 17.1 Å². The molecule has 0 amide bonds. The third-order valence-corrected chi connectivity index (χ3v) is 3.45. The van der Waals surface area contributed by atoms with Crippen LogP contribution in [0.4, 0.5) is 0 Å². The minimum Gasteiger partial charge on any atom is -0.490 e. The number of nitrogens with zero attached hydrogens (tertiary/aromatic N) is 1. The van der Waals surface area contributed by atoms with Gasteiger partial charge in [0.1, 0.15) is 5.75 Å². The fraction of sp³-hybridized carbons (Fsp3) is 0.500. The van der Waals surface area contributed by atoms with E-state index < -0.39 is 0 Å². The highest BCUT2D eigenvalue weighted by atomic mass is 16.5. The molecule has 18 heavy (non-hydrogen) atoms. The summed E-state index contributed by atoms with van der Waals surface area (Å²) in [7, 11) is 0. The van der Waals surface area contributed by atoms with Gasteiger partial charge in [0.15, 0.2) is 5.84 Å².